The first-order valence-electron chi connectivity index (χ1n) is 9.14. The summed E-state index contributed by atoms with van der Waals surface area (Å²) in [6.07, 6.45) is 0.813. The van der Waals surface area contributed by atoms with Crippen molar-refractivity contribution in [2.75, 3.05) is 39.4 Å². The number of carbonyl (C=O) groups excluding carboxylic acids is 2. The lowest BCUT2D eigenvalue weighted by Crippen LogP contribution is -2.35. The fourth-order valence-corrected chi connectivity index (χ4v) is 3.30. The van der Waals surface area contributed by atoms with Gasteiger partial charge >= 0.3 is 0 Å². The molecular weight excluding hydrogens is 366 g/mol. The van der Waals surface area contributed by atoms with E-state index in [1.807, 2.05) is 4.90 Å². The second-order valence-corrected chi connectivity index (χ2v) is 6.66. The zero-order valence-electron chi connectivity index (χ0n) is 15.3. The average molecular weight is 387 g/mol. The molecule has 2 aromatic rings. The molecule has 3 heterocycles. The number of primary amides is 1. The van der Waals surface area contributed by atoms with Gasteiger partial charge < -0.3 is 24.6 Å². The quantitative estimate of drug-likeness (QED) is 0.794. The van der Waals surface area contributed by atoms with Crippen LogP contribution in [0.15, 0.2) is 22.7 Å². The van der Waals surface area contributed by atoms with Gasteiger partial charge in [-0.1, -0.05) is 5.16 Å². The SMILES string of the molecule is NC(=O)c1noc(CN2CCCN(C(=O)c3ccc4c(c3)OCCO4)CC2)n1. The number of hydrogen-bond acceptors (Lipinski definition) is 8. The maximum atomic E-state index is 12.9. The number of ether oxygens (including phenoxy) is 2. The molecule has 1 saturated heterocycles. The minimum atomic E-state index is -0.720. The van der Waals surface area contributed by atoms with Gasteiger partial charge in [-0.15, -0.1) is 0 Å². The lowest BCUT2D eigenvalue weighted by molar-refractivity contribution is 0.0759. The van der Waals surface area contributed by atoms with E-state index >= 15 is 0 Å². The predicted octanol–water partition coefficient (Wildman–Crippen LogP) is 0.288. The van der Waals surface area contributed by atoms with Crippen molar-refractivity contribution in [3.63, 3.8) is 0 Å². The van der Waals surface area contributed by atoms with Crippen LogP contribution in [0.3, 0.4) is 0 Å². The van der Waals surface area contributed by atoms with Crippen LogP contribution in [0.25, 0.3) is 0 Å². The summed E-state index contributed by atoms with van der Waals surface area (Å²) in [5.74, 6) is 0.727. The largest absolute Gasteiger partial charge is 0.486 e. The first kappa shape index (κ1) is 18.2. The van der Waals surface area contributed by atoms with Crippen LogP contribution in [0.4, 0.5) is 0 Å². The molecule has 1 aromatic carbocycles. The van der Waals surface area contributed by atoms with E-state index in [-0.39, 0.29) is 11.7 Å². The minimum Gasteiger partial charge on any atom is -0.486 e. The van der Waals surface area contributed by atoms with Crippen molar-refractivity contribution in [1.29, 1.82) is 0 Å². The number of aromatic nitrogens is 2. The van der Waals surface area contributed by atoms with E-state index in [4.69, 9.17) is 19.7 Å². The summed E-state index contributed by atoms with van der Waals surface area (Å²) in [6, 6.07) is 5.28. The first-order valence-corrected chi connectivity index (χ1v) is 9.14. The Kier molecular flexibility index (Phi) is 5.11. The highest BCUT2D eigenvalue weighted by atomic mass is 16.6. The fourth-order valence-electron chi connectivity index (χ4n) is 3.30. The normalized spacial score (nSPS) is 17.2. The van der Waals surface area contributed by atoms with Gasteiger partial charge in [0.05, 0.1) is 6.54 Å². The zero-order valence-corrected chi connectivity index (χ0v) is 15.3. The summed E-state index contributed by atoms with van der Waals surface area (Å²) >= 11 is 0. The van der Waals surface area contributed by atoms with Crippen LogP contribution in [0.5, 0.6) is 11.5 Å². The molecular formula is C18H21N5O5. The van der Waals surface area contributed by atoms with Gasteiger partial charge in [0.2, 0.25) is 5.89 Å². The number of nitrogens with zero attached hydrogens (tertiary/aromatic N) is 4. The number of nitrogens with two attached hydrogens (primary N) is 1. The molecule has 28 heavy (non-hydrogen) atoms. The smallest absolute Gasteiger partial charge is 0.290 e. The lowest BCUT2D eigenvalue weighted by Gasteiger charge is -2.23. The van der Waals surface area contributed by atoms with Crippen LogP contribution in [-0.2, 0) is 6.54 Å². The van der Waals surface area contributed by atoms with Gasteiger partial charge in [0.15, 0.2) is 11.5 Å². The molecule has 0 unspecified atom stereocenters. The molecule has 0 atom stereocenters. The van der Waals surface area contributed by atoms with E-state index in [0.717, 1.165) is 13.0 Å². The Morgan fingerprint density at radius 2 is 1.89 bits per heavy atom. The second kappa shape index (κ2) is 7.85. The van der Waals surface area contributed by atoms with Gasteiger partial charge in [0, 0.05) is 31.7 Å². The Morgan fingerprint density at radius 3 is 2.68 bits per heavy atom. The summed E-state index contributed by atoms with van der Waals surface area (Å²) in [6.45, 7) is 4.07. The van der Waals surface area contributed by atoms with Crippen LogP contribution in [0, 0.1) is 0 Å². The summed E-state index contributed by atoms with van der Waals surface area (Å²) in [7, 11) is 0. The van der Waals surface area contributed by atoms with E-state index in [1.165, 1.54) is 0 Å². The van der Waals surface area contributed by atoms with Gasteiger partial charge in [0.25, 0.3) is 17.6 Å². The van der Waals surface area contributed by atoms with E-state index in [0.29, 0.717) is 62.3 Å². The van der Waals surface area contributed by atoms with Crippen molar-refractivity contribution in [2.24, 2.45) is 5.73 Å². The molecule has 1 aromatic heterocycles. The molecule has 10 nitrogen and oxygen atoms in total. The lowest BCUT2D eigenvalue weighted by atomic mass is 10.1. The number of hydrogen-bond donors (Lipinski definition) is 1. The van der Waals surface area contributed by atoms with Crippen LogP contribution < -0.4 is 15.2 Å². The Balaban J connectivity index is 1.38. The average Bonchev–Trinajstić information content (AvgIpc) is 3.06. The highest BCUT2D eigenvalue weighted by Gasteiger charge is 2.23. The van der Waals surface area contributed by atoms with Crippen molar-refractivity contribution < 1.29 is 23.6 Å². The van der Waals surface area contributed by atoms with Crippen LogP contribution in [0.2, 0.25) is 0 Å². The molecule has 2 aliphatic rings. The van der Waals surface area contributed by atoms with E-state index in [9.17, 15) is 9.59 Å². The molecule has 0 radical (unpaired) electrons. The molecule has 2 amide bonds. The maximum absolute atomic E-state index is 12.9. The molecule has 0 aliphatic carbocycles. The van der Waals surface area contributed by atoms with Crippen LogP contribution >= 0.6 is 0 Å². The summed E-state index contributed by atoms with van der Waals surface area (Å²) in [4.78, 5) is 31.9. The highest BCUT2D eigenvalue weighted by molar-refractivity contribution is 5.95. The molecule has 2 N–H and O–H groups in total. The fraction of sp³-hybridized carbons (Fsp3) is 0.444. The van der Waals surface area contributed by atoms with Gasteiger partial charge in [-0.25, -0.2) is 0 Å². The summed E-state index contributed by atoms with van der Waals surface area (Å²) in [5.41, 5.74) is 5.72. The molecule has 0 saturated carbocycles. The van der Waals surface area contributed by atoms with Crippen molar-refractivity contribution in [3.05, 3.63) is 35.5 Å². The Labute approximate surface area is 161 Å². The number of amides is 2. The number of benzene rings is 1. The Morgan fingerprint density at radius 1 is 1.07 bits per heavy atom. The van der Waals surface area contributed by atoms with E-state index in [2.05, 4.69) is 15.0 Å². The standard InChI is InChI=1S/C18H21N5O5/c19-16(24)17-20-15(28-21-17)11-22-4-1-5-23(7-6-22)18(25)12-2-3-13-14(10-12)27-9-8-26-13/h2-3,10H,1,4-9,11H2,(H2,19,24). The first-order chi connectivity index (χ1) is 13.6. The maximum Gasteiger partial charge on any atom is 0.290 e. The number of rotatable bonds is 4. The Bertz CT molecular complexity index is 883. The Hall–Kier alpha value is -3.14. The number of fused-ring (bicyclic) bond motifs is 1. The third kappa shape index (κ3) is 3.91. The van der Waals surface area contributed by atoms with Crippen molar-refractivity contribution >= 4 is 11.8 Å². The van der Waals surface area contributed by atoms with Crippen molar-refractivity contribution in [2.45, 2.75) is 13.0 Å². The van der Waals surface area contributed by atoms with Gasteiger partial charge in [-0.2, -0.15) is 4.98 Å². The zero-order chi connectivity index (χ0) is 19.5. The van der Waals surface area contributed by atoms with E-state index in [1.54, 1.807) is 18.2 Å². The third-order valence-corrected chi connectivity index (χ3v) is 4.71. The van der Waals surface area contributed by atoms with Gasteiger partial charge in [0.1, 0.15) is 13.2 Å². The number of carbonyl (C=O) groups is 2. The predicted molar refractivity (Wildman–Crippen MR) is 96.0 cm³/mol. The molecule has 10 heteroatoms. The molecule has 0 spiro atoms. The highest BCUT2D eigenvalue weighted by Crippen LogP contribution is 2.31. The molecule has 2 aliphatic heterocycles. The van der Waals surface area contributed by atoms with Crippen LogP contribution in [-0.4, -0.2) is 71.1 Å². The third-order valence-electron chi connectivity index (χ3n) is 4.71. The van der Waals surface area contributed by atoms with Gasteiger partial charge in [-0.05, 0) is 24.6 Å². The van der Waals surface area contributed by atoms with Gasteiger partial charge in [-0.3, -0.25) is 14.5 Å². The minimum absolute atomic E-state index is 0.0346. The molecule has 148 valence electrons. The van der Waals surface area contributed by atoms with E-state index < -0.39 is 5.91 Å². The van der Waals surface area contributed by atoms with Crippen molar-refractivity contribution in [1.82, 2.24) is 19.9 Å². The topological polar surface area (TPSA) is 124 Å². The van der Waals surface area contributed by atoms with Crippen LogP contribution in [0.1, 0.15) is 33.3 Å². The molecule has 0 bridgehead atoms. The monoisotopic (exact) mass is 387 g/mol. The summed E-state index contributed by atoms with van der Waals surface area (Å²) in [5, 5.41) is 3.55. The summed E-state index contributed by atoms with van der Waals surface area (Å²) < 4.78 is 16.1. The molecule has 4 rings (SSSR count). The molecule has 1 fully saturated rings. The second-order valence-electron chi connectivity index (χ2n) is 6.66. The van der Waals surface area contributed by atoms with Crippen molar-refractivity contribution in [3.8, 4) is 11.5 Å².